The molecule has 0 radical (unpaired) electrons. The lowest BCUT2D eigenvalue weighted by Crippen LogP contribution is -1.89. The van der Waals surface area contributed by atoms with E-state index in [2.05, 4.69) is 9.97 Å². The zero-order valence-corrected chi connectivity index (χ0v) is 5.48. The van der Waals surface area contributed by atoms with Crippen LogP contribution in [0.5, 0.6) is 0 Å². The predicted molar refractivity (Wildman–Crippen MR) is 31.7 cm³/mol. The van der Waals surface area contributed by atoms with Crippen LogP contribution in [-0.4, -0.2) is 9.97 Å². The number of nitrogens with zero attached hydrogens (tertiary/aromatic N) is 2. The van der Waals surface area contributed by atoms with Crippen molar-refractivity contribution in [1.29, 1.82) is 0 Å². The van der Waals surface area contributed by atoms with Gasteiger partial charge in [0.2, 0.25) is 5.95 Å². The number of rotatable bonds is 0. The number of aromatic nitrogens is 2. The van der Waals surface area contributed by atoms with Crippen LogP contribution in [0.3, 0.4) is 0 Å². The maximum absolute atomic E-state index is 12.1. The monoisotopic (exact) mass is 146 g/mol. The second kappa shape index (κ2) is 2.27. The van der Waals surface area contributed by atoms with E-state index in [9.17, 15) is 4.39 Å². The summed E-state index contributed by atoms with van der Waals surface area (Å²) >= 11 is 5.44. The zero-order valence-electron chi connectivity index (χ0n) is 4.73. The van der Waals surface area contributed by atoms with E-state index in [1.807, 2.05) is 0 Å². The van der Waals surface area contributed by atoms with Crippen LogP contribution in [0, 0.1) is 12.9 Å². The van der Waals surface area contributed by atoms with Crippen LogP contribution in [0.25, 0.3) is 0 Å². The Bertz CT molecular complexity index is 226. The molecule has 0 atom stereocenters. The van der Waals surface area contributed by atoms with Crippen molar-refractivity contribution in [3.8, 4) is 0 Å². The summed E-state index contributed by atoms with van der Waals surface area (Å²) in [4.78, 5) is 6.92. The van der Waals surface area contributed by atoms with E-state index in [-0.39, 0.29) is 5.15 Å². The molecular formula is C5H4ClFN2. The van der Waals surface area contributed by atoms with Crippen molar-refractivity contribution in [2.45, 2.75) is 6.92 Å². The second-order valence-electron chi connectivity index (χ2n) is 1.57. The fourth-order valence-electron chi connectivity index (χ4n) is 0.439. The van der Waals surface area contributed by atoms with E-state index >= 15 is 0 Å². The summed E-state index contributed by atoms with van der Waals surface area (Å²) in [7, 11) is 0. The lowest BCUT2D eigenvalue weighted by atomic mass is 10.5. The molecule has 1 aromatic rings. The molecule has 1 aromatic heterocycles. The molecule has 48 valence electrons. The standard InChI is InChI=1S/C5H4ClFN2/c1-3-5(6)8-2-4(7)9-3/h2H,1H3. The highest BCUT2D eigenvalue weighted by Crippen LogP contribution is 2.06. The van der Waals surface area contributed by atoms with Gasteiger partial charge in [0, 0.05) is 0 Å². The van der Waals surface area contributed by atoms with E-state index in [0.717, 1.165) is 6.20 Å². The van der Waals surface area contributed by atoms with Gasteiger partial charge < -0.3 is 0 Å². The van der Waals surface area contributed by atoms with Gasteiger partial charge in [-0.25, -0.2) is 9.97 Å². The third-order valence-electron chi connectivity index (χ3n) is 0.857. The maximum Gasteiger partial charge on any atom is 0.231 e. The van der Waals surface area contributed by atoms with E-state index in [0.29, 0.717) is 5.69 Å². The molecule has 2 nitrogen and oxygen atoms in total. The fraction of sp³-hybridized carbons (Fsp3) is 0.200. The van der Waals surface area contributed by atoms with Crippen molar-refractivity contribution >= 4 is 11.6 Å². The zero-order chi connectivity index (χ0) is 6.85. The first-order valence-corrected chi connectivity index (χ1v) is 2.72. The van der Waals surface area contributed by atoms with Crippen molar-refractivity contribution in [2.24, 2.45) is 0 Å². The molecule has 0 saturated carbocycles. The minimum Gasteiger partial charge on any atom is -0.238 e. The van der Waals surface area contributed by atoms with Gasteiger partial charge in [-0.05, 0) is 6.92 Å². The topological polar surface area (TPSA) is 25.8 Å². The lowest BCUT2D eigenvalue weighted by Gasteiger charge is -1.91. The molecule has 0 N–H and O–H groups in total. The number of hydrogen-bond donors (Lipinski definition) is 0. The van der Waals surface area contributed by atoms with Gasteiger partial charge in [-0.3, -0.25) is 0 Å². The highest BCUT2D eigenvalue weighted by atomic mass is 35.5. The van der Waals surface area contributed by atoms with E-state index in [1.54, 1.807) is 6.92 Å². The molecule has 0 spiro atoms. The van der Waals surface area contributed by atoms with Crippen molar-refractivity contribution in [3.63, 3.8) is 0 Å². The van der Waals surface area contributed by atoms with Gasteiger partial charge in [0.25, 0.3) is 0 Å². The maximum atomic E-state index is 12.1. The third-order valence-corrected chi connectivity index (χ3v) is 1.23. The molecular weight excluding hydrogens is 143 g/mol. The minimum absolute atomic E-state index is 0.247. The smallest absolute Gasteiger partial charge is 0.231 e. The largest absolute Gasteiger partial charge is 0.238 e. The van der Waals surface area contributed by atoms with Crippen LogP contribution in [-0.2, 0) is 0 Å². The van der Waals surface area contributed by atoms with E-state index < -0.39 is 5.95 Å². The molecule has 4 heteroatoms. The van der Waals surface area contributed by atoms with Crippen molar-refractivity contribution in [1.82, 2.24) is 9.97 Å². The Morgan fingerprint density at radius 3 is 2.78 bits per heavy atom. The molecule has 0 unspecified atom stereocenters. The van der Waals surface area contributed by atoms with E-state index in [1.165, 1.54) is 0 Å². The van der Waals surface area contributed by atoms with Crippen LogP contribution in [0.15, 0.2) is 6.20 Å². The van der Waals surface area contributed by atoms with Crippen LogP contribution in [0.4, 0.5) is 4.39 Å². The summed E-state index contributed by atoms with van der Waals surface area (Å²) in [6.45, 7) is 1.60. The molecule has 0 aromatic carbocycles. The van der Waals surface area contributed by atoms with Crippen molar-refractivity contribution in [3.05, 3.63) is 23.0 Å². The number of aryl methyl sites for hydroxylation is 1. The Morgan fingerprint density at radius 2 is 2.33 bits per heavy atom. The molecule has 0 saturated heterocycles. The van der Waals surface area contributed by atoms with Gasteiger partial charge >= 0.3 is 0 Å². The molecule has 0 fully saturated rings. The average molecular weight is 147 g/mol. The number of halogens is 2. The van der Waals surface area contributed by atoms with Crippen LogP contribution >= 0.6 is 11.6 Å². The molecule has 1 heterocycles. The minimum atomic E-state index is -0.600. The Balaban J connectivity index is 3.17. The lowest BCUT2D eigenvalue weighted by molar-refractivity contribution is 0.572. The normalized spacial score (nSPS) is 9.67. The summed E-state index contributed by atoms with van der Waals surface area (Å²) in [5.41, 5.74) is 0.414. The summed E-state index contributed by atoms with van der Waals surface area (Å²) in [6.07, 6.45) is 0.981. The molecule has 0 aliphatic carbocycles. The summed E-state index contributed by atoms with van der Waals surface area (Å²) < 4.78 is 12.1. The highest BCUT2D eigenvalue weighted by Gasteiger charge is 1.97. The van der Waals surface area contributed by atoms with Crippen molar-refractivity contribution in [2.75, 3.05) is 0 Å². The second-order valence-corrected chi connectivity index (χ2v) is 1.93. The first-order chi connectivity index (χ1) is 4.20. The third kappa shape index (κ3) is 1.36. The molecule has 0 amide bonds. The quantitative estimate of drug-likeness (QED) is 0.555. The van der Waals surface area contributed by atoms with Crippen molar-refractivity contribution < 1.29 is 4.39 Å². The average Bonchev–Trinajstić information content (AvgIpc) is 1.80. The SMILES string of the molecule is Cc1nc(F)cnc1Cl. The summed E-state index contributed by atoms with van der Waals surface area (Å²) in [6, 6.07) is 0. The molecule has 1 rings (SSSR count). The van der Waals surface area contributed by atoms with Gasteiger partial charge in [-0.2, -0.15) is 4.39 Å². The first kappa shape index (κ1) is 6.42. The van der Waals surface area contributed by atoms with Gasteiger partial charge in [-0.1, -0.05) is 11.6 Å². The first-order valence-electron chi connectivity index (χ1n) is 2.35. The summed E-state index contributed by atoms with van der Waals surface area (Å²) in [5.74, 6) is -0.600. The fourth-order valence-corrected chi connectivity index (χ4v) is 0.530. The van der Waals surface area contributed by atoms with E-state index in [4.69, 9.17) is 11.6 Å². The molecule has 0 aliphatic heterocycles. The predicted octanol–water partition coefficient (Wildman–Crippen LogP) is 1.58. The van der Waals surface area contributed by atoms with Crippen LogP contribution < -0.4 is 0 Å². The molecule has 0 aliphatic rings. The Kier molecular flexibility index (Phi) is 1.62. The molecule has 9 heavy (non-hydrogen) atoms. The van der Waals surface area contributed by atoms with Gasteiger partial charge in [-0.15, -0.1) is 0 Å². The van der Waals surface area contributed by atoms with Gasteiger partial charge in [0.15, 0.2) is 0 Å². The highest BCUT2D eigenvalue weighted by molar-refractivity contribution is 6.29. The Labute approximate surface area is 56.7 Å². The van der Waals surface area contributed by atoms with Crippen LogP contribution in [0.2, 0.25) is 5.15 Å². The molecule has 0 bridgehead atoms. The Hall–Kier alpha value is -0.700. The van der Waals surface area contributed by atoms with Gasteiger partial charge in [0.1, 0.15) is 5.15 Å². The summed E-state index contributed by atoms with van der Waals surface area (Å²) in [5, 5.41) is 0.247. The van der Waals surface area contributed by atoms with Gasteiger partial charge in [0.05, 0.1) is 11.9 Å². The van der Waals surface area contributed by atoms with Crippen LogP contribution in [0.1, 0.15) is 5.69 Å². The Morgan fingerprint density at radius 1 is 1.67 bits per heavy atom. The number of hydrogen-bond acceptors (Lipinski definition) is 2.